The molecular formula is C8H15N3OS. The number of nitrogens with zero attached hydrogens (tertiary/aromatic N) is 2. The van der Waals surface area contributed by atoms with Gasteiger partial charge < -0.3 is 10.8 Å². The van der Waals surface area contributed by atoms with E-state index in [0.29, 0.717) is 13.1 Å². The lowest BCUT2D eigenvalue weighted by atomic mass is 10.4. The maximum atomic E-state index is 8.79. The molecule has 0 bridgehead atoms. The van der Waals surface area contributed by atoms with Crippen molar-refractivity contribution in [3.63, 3.8) is 0 Å². The lowest BCUT2D eigenvalue weighted by Gasteiger charge is -2.18. The van der Waals surface area contributed by atoms with E-state index < -0.39 is 0 Å². The Morgan fingerprint density at radius 1 is 1.54 bits per heavy atom. The van der Waals surface area contributed by atoms with Gasteiger partial charge in [-0.1, -0.05) is 0 Å². The van der Waals surface area contributed by atoms with Crippen molar-refractivity contribution in [1.29, 1.82) is 0 Å². The van der Waals surface area contributed by atoms with E-state index in [2.05, 4.69) is 9.88 Å². The second-order valence-corrected chi connectivity index (χ2v) is 3.69. The topological polar surface area (TPSA) is 62.4 Å². The first-order chi connectivity index (χ1) is 6.36. The van der Waals surface area contributed by atoms with E-state index >= 15 is 0 Å². The van der Waals surface area contributed by atoms with Crippen molar-refractivity contribution >= 4 is 11.3 Å². The lowest BCUT2D eigenvalue weighted by Crippen LogP contribution is -2.31. The van der Waals surface area contributed by atoms with Gasteiger partial charge in [0.05, 0.1) is 13.2 Å². The van der Waals surface area contributed by atoms with E-state index in [0.717, 1.165) is 18.1 Å². The summed E-state index contributed by atoms with van der Waals surface area (Å²) in [6.45, 7) is 3.04. The maximum Gasteiger partial charge on any atom is 0.107 e. The molecule has 13 heavy (non-hydrogen) atoms. The van der Waals surface area contributed by atoms with Crippen LogP contribution in [0.25, 0.3) is 0 Å². The highest BCUT2D eigenvalue weighted by molar-refractivity contribution is 7.09. The molecule has 0 radical (unpaired) electrons. The van der Waals surface area contributed by atoms with Crippen molar-refractivity contribution in [2.24, 2.45) is 5.73 Å². The molecule has 0 saturated heterocycles. The SMILES string of the molecule is NCCN(CCO)Cc1nccs1. The standard InChI is InChI=1S/C8H15N3OS/c9-1-3-11(4-5-12)7-8-10-2-6-13-8/h2,6,12H,1,3-5,7,9H2. The van der Waals surface area contributed by atoms with E-state index in [-0.39, 0.29) is 6.61 Å². The van der Waals surface area contributed by atoms with Crippen LogP contribution in [-0.4, -0.2) is 41.2 Å². The van der Waals surface area contributed by atoms with Crippen molar-refractivity contribution in [3.8, 4) is 0 Å². The van der Waals surface area contributed by atoms with Crippen molar-refractivity contribution in [3.05, 3.63) is 16.6 Å². The fourth-order valence-corrected chi connectivity index (χ4v) is 1.77. The van der Waals surface area contributed by atoms with Crippen molar-refractivity contribution in [2.45, 2.75) is 6.54 Å². The van der Waals surface area contributed by atoms with Crippen LogP contribution in [0.1, 0.15) is 5.01 Å². The predicted molar refractivity (Wildman–Crippen MR) is 53.5 cm³/mol. The smallest absolute Gasteiger partial charge is 0.107 e. The zero-order chi connectivity index (χ0) is 9.52. The molecule has 4 nitrogen and oxygen atoms in total. The van der Waals surface area contributed by atoms with Crippen molar-refractivity contribution in [2.75, 3.05) is 26.2 Å². The molecule has 0 spiro atoms. The third-order valence-corrected chi connectivity index (χ3v) is 2.47. The molecule has 0 amide bonds. The lowest BCUT2D eigenvalue weighted by molar-refractivity contribution is 0.193. The molecule has 0 atom stereocenters. The Morgan fingerprint density at radius 2 is 2.38 bits per heavy atom. The summed E-state index contributed by atoms with van der Waals surface area (Å²) in [4.78, 5) is 6.27. The summed E-state index contributed by atoms with van der Waals surface area (Å²) in [6, 6.07) is 0. The molecule has 1 heterocycles. The van der Waals surface area contributed by atoms with E-state index in [4.69, 9.17) is 10.8 Å². The van der Waals surface area contributed by atoms with Crippen molar-refractivity contribution < 1.29 is 5.11 Å². The predicted octanol–water partition coefficient (Wildman–Crippen LogP) is -0.104. The van der Waals surface area contributed by atoms with Gasteiger partial charge in [-0.15, -0.1) is 11.3 Å². The van der Waals surface area contributed by atoms with Gasteiger partial charge in [-0.3, -0.25) is 4.90 Å². The van der Waals surface area contributed by atoms with Crippen LogP contribution in [0.2, 0.25) is 0 Å². The van der Waals surface area contributed by atoms with Crippen LogP contribution < -0.4 is 5.73 Å². The Morgan fingerprint density at radius 3 is 2.92 bits per heavy atom. The summed E-state index contributed by atoms with van der Waals surface area (Å²) in [5, 5.41) is 11.8. The minimum absolute atomic E-state index is 0.172. The Bertz CT molecular complexity index is 209. The molecule has 3 N–H and O–H groups in total. The average molecular weight is 201 g/mol. The highest BCUT2D eigenvalue weighted by atomic mass is 32.1. The van der Waals surface area contributed by atoms with Crippen LogP contribution in [0.15, 0.2) is 11.6 Å². The van der Waals surface area contributed by atoms with E-state index in [1.807, 2.05) is 5.38 Å². The van der Waals surface area contributed by atoms with Gasteiger partial charge in [0, 0.05) is 31.2 Å². The zero-order valence-electron chi connectivity index (χ0n) is 7.52. The third kappa shape index (κ3) is 3.82. The average Bonchev–Trinajstić information content (AvgIpc) is 2.58. The summed E-state index contributed by atoms with van der Waals surface area (Å²) in [7, 11) is 0. The minimum Gasteiger partial charge on any atom is -0.395 e. The van der Waals surface area contributed by atoms with E-state index in [1.54, 1.807) is 17.5 Å². The van der Waals surface area contributed by atoms with Crippen LogP contribution in [0.5, 0.6) is 0 Å². The first-order valence-corrected chi connectivity index (χ1v) is 5.16. The summed E-state index contributed by atoms with van der Waals surface area (Å²) in [5.74, 6) is 0. The van der Waals surface area contributed by atoms with Crippen LogP contribution in [0.4, 0.5) is 0 Å². The Hall–Kier alpha value is -0.490. The molecule has 0 saturated carbocycles. The number of aliphatic hydroxyl groups is 1. The molecule has 0 fully saturated rings. The van der Waals surface area contributed by atoms with Crippen LogP contribution in [-0.2, 0) is 6.54 Å². The van der Waals surface area contributed by atoms with Gasteiger partial charge in [0.15, 0.2) is 0 Å². The van der Waals surface area contributed by atoms with E-state index in [1.165, 1.54) is 0 Å². The molecule has 5 heteroatoms. The van der Waals surface area contributed by atoms with E-state index in [9.17, 15) is 0 Å². The van der Waals surface area contributed by atoms with Crippen LogP contribution in [0, 0.1) is 0 Å². The van der Waals surface area contributed by atoms with Crippen LogP contribution >= 0.6 is 11.3 Å². The Labute approximate surface area is 82.0 Å². The second-order valence-electron chi connectivity index (χ2n) is 2.71. The molecule has 0 aromatic carbocycles. The van der Waals surface area contributed by atoms with Gasteiger partial charge in [-0.2, -0.15) is 0 Å². The van der Waals surface area contributed by atoms with Gasteiger partial charge in [0.25, 0.3) is 0 Å². The molecule has 74 valence electrons. The number of hydrogen-bond acceptors (Lipinski definition) is 5. The number of rotatable bonds is 6. The largest absolute Gasteiger partial charge is 0.395 e. The quantitative estimate of drug-likeness (QED) is 0.674. The Kier molecular flexibility index (Phi) is 4.92. The number of hydrogen-bond donors (Lipinski definition) is 2. The first kappa shape index (κ1) is 10.6. The number of aromatic nitrogens is 1. The molecule has 1 aromatic heterocycles. The summed E-state index contributed by atoms with van der Waals surface area (Å²) < 4.78 is 0. The molecular weight excluding hydrogens is 186 g/mol. The monoisotopic (exact) mass is 201 g/mol. The molecule has 0 aliphatic heterocycles. The molecule has 0 aliphatic rings. The normalized spacial score (nSPS) is 11.0. The van der Waals surface area contributed by atoms with Gasteiger partial charge in [0.2, 0.25) is 0 Å². The molecule has 1 rings (SSSR count). The summed E-state index contributed by atoms with van der Waals surface area (Å²) in [5.41, 5.74) is 5.45. The highest BCUT2D eigenvalue weighted by Gasteiger charge is 2.05. The van der Waals surface area contributed by atoms with Gasteiger partial charge in [-0.05, 0) is 0 Å². The fraction of sp³-hybridized carbons (Fsp3) is 0.625. The maximum absolute atomic E-state index is 8.79. The molecule has 1 aromatic rings. The fourth-order valence-electron chi connectivity index (χ4n) is 1.12. The highest BCUT2D eigenvalue weighted by Crippen LogP contribution is 2.07. The molecule has 0 aliphatic carbocycles. The summed E-state index contributed by atoms with van der Waals surface area (Å²) in [6.07, 6.45) is 1.79. The van der Waals surface area contributed by atoms with Gasteiger partial charge >= 0.3 is 0 Å². The number of nitrogens with two attached hydrogens (primary N) is 1. The van der Waals surface area contributed by atoms with Crippen molar-refractivity contribution in [1.82, 2.24) is 9.88 Å². The first-order valence-electron chi connectivity index (χ1n) is 4.28. The van der Waals surface area contributed by atoms with Crippen LogP contribution in [0.3, 0.4) is 0 Å². The number of aliphatic hydroxyl groups excluding tert-OH is 1. The number of thiazole rings is 1. The third-order valence-electron chi connectivity index (χ3n) is 1.70. The Balaban J connectivity index is 2.37. The summed E-state index contributed by atoms with van der Waals surface area (Å²) >= 11 is 1.63. The second kappa shape index (κ2) is 6.04. The zero-order valence-corrected chi connectivity index (χ0v) is 8.33. The minimum atomic E-state index is 0.172. The molecule has 0 unspecified atom stereocenters. The van der Waals surface area contributed by atoms with Gasteiger partial charge in [-0.25, -0.2) is 4.98 Å². The van der Waals surface area contributed by atoms with Gasteiger partial charge in [0.1, 0.15) is 5.01 Å².